The molecule has 1 aromatic carbocycles. The summed E-state index contributed by atoms with van der Waals surface area (Å²) in [5, 5.41) is 23.0. The second-order valence-electron chi connectivity index (χ2n) is 3.94. The first-order valence-corrected chi connectivity index (χ1v) is 5.54. The number of carbonyl (C=O) groups is 1. The Labute approximate surface area is 107 Å². The molecule has 0 fully saturated rings. The van der Waals surface area contributed by atoms with E-state index in [-0.39, 0.29) is 17.3 Å². The summed E-state index contributed by atoms with van der Waals surface area (Å²) in [4.78, 5) is 15.3. The van der Waals surface area contributed by atoms with Crippen molar-refractivity contribution in [3.63, 3.8) is 0 Å². The summed E-state index contributed by atoms with van der Waals surface area (Å²) in [6.45, 7) is 0. The summed E-state index contributed by atoms with van der Waals surface area (Å²) in [6, 6.07) is 11.3. The summed E-state index contributed by atoms with van der Waals surface area (Å²) < 4.78 is 1.24. The molecule has 0 unspecified atom stereocenters. The zero-order chi connectivity index (χ0) is 13.4. The molecule has 0 aliphatic carbocycles. The maximum atomic E-state index is 11.1. The van der Waals surface area contributed by atoms with E-state index < -0.39 is 5.97 Å². The van der Waals surface area contributed by atoms with Crippen LogP contribution in [0, 0.1) is 0 Å². The molecule has 0 spiro atoms. The highest BCUT2D eigenvalue weighted by molar-refractivity contribution is 5.86. The van der Waals surface area contributed by atoms with Gasteiger partial charge in [0.2, 0.25) is 0 Å². The maximum Gasteiger partial charge on any atom is 0.354 e. The number of aromatic hydroxyl groups is 1. The Kier molecular flexibility index (Phi) is 2.42. The third kappa shape index (κ3) is 1.79. The lowest BCUT2D eigenvalue weighted by Crippen LogP contribution is -2.05. The molecule has 2 N–H and O–H groups in total. The van der Waals surface area contributed by atoms with Gasteiger partial charge in [0, 0.05) is 0 Å². The quantitative estimate of drug-likeness (QED) is 0.729. The lowest BCUT2D eigenvalue weighted by molar-refractivity contribution is 0.0687. The van der Waals surface area contributed by atoms with E-state index in [0.717, 1.165) is 0 Å². The van der Waals surface area contributed by atoms with Gasteiger partial charge in [-0.05, 0) is 24.3 Å². The Bertz CT molecular complexity index is 780. The third-order valence-electron chi connectivity index (χ3n) is 2.72. The Hall–Kier alpha value is -2.89. The highest BCUT2D eigenvalue weighted by Crippen LogP contribution is 2.26. The number of hydrogen-bond donors (Lipinski definition) is 2. The van der Waals surface area contributed by atoms with Crippen molar-refractivity contribution in [3.05, 3.63) is 48.2 Å². The van der Waals surface area contributed by atoms with E-state index in [0.29, 0.717) is 11.2 Å². The average Bonchev–Trinajstić information content (AvgIpc) is 2.82. The minimum Gasteiger partial charge on any atom is -0.507 e. The third-order valence-corrected chi connectivity index (χ3v) is 2.72. The SMILES string of the molecule is O=C(O)c1cccc2nc(-c3ccccc3O)nn12. The molecule has 3 rings (SSSR count). The minimum atomic E-state index is -1.08. The average molecular weight is 255 g/mol. The van der Waals surface area contributed by atoms with Crippen molar-refractivity contribution in [3.8, 4) is 17.1 Å². The Morgan fingerprint density at radius 2 is 1.89 bits per heavy atom. The molecule has 94 valence electrons. The van der Waals surface area contributed by atoms with E-state index >= 15 is 0 Å². The van der Waals surface area contributed by atoms with Gasteiger partial charge in [-0.15, -0.1) is 5.10 Å². The molecule has 0 aliphatic heterocycles. The molecule has 0 aliphatic rings. The van der Waals surface area contributed by atoms with E-state index in [1.807, 2.05) is 0 Å². The van der Waals surface area contributed by atoms with Gasteiger partial charge in [0.15, 0.2) is 17.2 Å². The van der Waals surface area contributed by atoms with Crippen LogP contribution < -0.4 is 0 Å². The number of nitrogens with zero attached hydrogens (tertiary/aromatic N) is 3. The fraction of sp³-hybridized carbons (Fsp3) is 0. The van der Waals surface area contributed by atoms with E-state index in [1.54, 1.807) is 30.3 Å². The normalized spacial score (nSPS) is 10.7. The molecule has 0 bridgehead atoms. The van der Waals surface area contributed by atoms with Crippen LogP contribution in [0.25, 0.3) is 17.0 Å². The van der Waals surface area contributed by atoms with Crippen LogP contribution in [0.2, 0.25) is 0 Å². The highest BCUT2D eigenvalue weighted by atomic mass is 16.4. The lowest BCUT2D eigenvalue weighted by Gasteiger charge is -1.98. The molecule has 2 heterocycles. The molecular formula is C13H9N3O3. The van der Waals surface area contributed by atoms with Crippen molar-refractivity contribution in [2.24, 2.45) is 0 Å². The van der Waals surface area contributed by atoms with Crippen molar-refractivity contribution in [2.45, 2.75) is 0 Å². The standard InChI is InChI=1S/C13H9N3O3/c17-10-6-2-1-4-8(10)12-14-11-7-3-5-9(13(18)19)16(11)15-12/h1-7,17H,(H,18,19). The molecule has 0 radical (unpaired) electrons. The molecule has 3 aromatic rings. The van der Waals surface area contributed by atoms with E-state index in [4.69, 9.17) is 5.11 Å². The number of phenols is 1. The van der Waals surface area contributed by atoms with Gasteiger partial charge in [-0.2, -0.15) is 0 Å². The van der Waals surface area contributed by atoms with Crippen LogP contribution in [-0.2, 0) is 0 Å². The number of benzene rings is 1. The molecule has 2 aromatic heterocycles. The molecule has 19 heavy (non-hydrogen) atoms. The number of aromatic carboxylic acids is 1. The maximum absolute atomic E-state index is 11.1. The fourth-order valence-corrected chi connectivity index (χ4v) is 1.84. The number of fused-ring (bicyclic) bond motifs is 1. The van der Waals surface area contributed by atoms with Crippen LogP contribution in [0.3, 0.4) is 0 Å². The van der Waals surface area contributed by atoms with Crippen LogP contribution in [0.4, 0.5) is 0 Å². The van der Waals surface area contributed by atoms with E-state index in [1.165, 1.54) is 16.6 Å². The molecular weight excluding hydrogens is 246 g/mol. The van der Waals surface area contributed by atoms with Gasteiger partial charge in [0.25, 0.3) is 0 Å². The largest absolute Gasteiger partial charge is 0.507 e. The monoisotopic (exact) mass is 255 g/mol. The summed E-state index contributed by atoms with van der Waals surface area (Å²) in [5.74, 6) is -0.749. The number of carboxylic acid groups (broad SMARTS) is 1. The number of carboxylic acids is 1. The molecule has 0 saturated heterocycles. The van der Waals surface area contributed by atoms with Crippen molar-refractivity contribution >= 4 is 11.6 Å². The lowest BCUT2D eigenvalue weighted by atomic mass is 10.2. The zero-order valence-corrected chi connectivity index (χ0v) is 9.69. The number of phenolic OH excluding ortho intramolecular Hbond substituents is 1. The Morgan fingerprint density at radius 3 is 2.63 bits per heavy atom. The van der Waals surface area contributed by atoms with Crippen LogP contribution in [0.1, 0.15) is 10.5 Å². The zero-order valence-electron chi connectivity index (χ0n) is 9.69. The van der Waals surface area contributed by atoms with E-state index in [9.17, 15) is 9.90 Å². The van der Waals surface area contributed by atoms with Crippen LogP contribution in [-0.4, -0.2) is 30.8 Å². The number of pyridine rings is 1. The van der Waals surface area contributed by atoms with Gasteiger partial charge in [0.05, 0.1) is 5.56 Å². The number of para-hydroxylation sites is 1. The smallest absolute Gasteiger partial charge is 0.354 e. The number of aromatic nitrogens is 3. The fourth-order valence-electron chi connectivity index (χ4n) is 1.84. The van der Waals surface area contributed by atoms with Gasteiger partial charge >= 0.3 is 5.97 Å². The van der Waals surface area contributed by atoms with Gasteiger partial charge in [-0.25, -0.2) is 14.3 Å². The van der Waals surface area contributed by atoms with Crippen LogP contribution >= 0.6 is 0 Å². The Morgan fingerprint density at radius 1 is 1.11 bits per heavy atom. The summed E-state index contributed by atoms with van der Waals surface area (Å²) in [7, 11) is 0. The summed E-state index contributed by atoms with van der Waals surface area (Å²) >= 11 is 0. The Balaban J connectivity index is 2.26. The second-order valence-corrected chi connectivity index (χ2v) is 3.94. The second kappa shape index (κ2) is 4.09. The first kappa shape index (κ1) is 11.2. The van der Waals surface area contributed by atoms with Gasteiger partial charge in [0.1, 0.15) is 5.75 Å². The van der Waals surface area contributed by atoms with Crippen molar-refractivity contribution in [1.29, 1.82) is 0 Å². The van der Waals surface area contributed by atoms with Crippen LogP contribution in [0.5, 0.6) is 5.75 Å². The minimum absolute atomic E-state index is 0.0201. The van der Waals surface area contributed by atoms with E-state index in [2.05, 4.69) is 10.1 Å². The molecule has 6 nitrogen and oxygen atoms in total. The highest BCUT2D eigenvalue weighted by Gasteiger charge is 2.14. The predicted molar refractivity (Wildman–Crippen MR) is 67.0 cm³/mol. The molecule has 0 saturated carbocycles. The van der Waals surface area contributed by atoms with Gasteiger partial charge in [-0.3, -0.25) is 0 Å². The van der Waals surface area contributed by atoms with Crippen molar-refractivity contribution < 1.29 is 15.0 Å². The number of hydrogen-bond acceptors (Lipinski definition) is 4. The van der Waals surface area contributed by atoms with Gasteiger partial charge in [-0.1, -0.05) is 18.2 Å². The first-order chi connectivity index (χ1) is 9.16. The first-order valence-electron chi connectivity index (χ1n) is 5.54. The molecule has 0 amide bonds. The number of rotatable bonds is 2. The topological polar surface area (TPSA) is 87.7 Å². The molecule has 6 heteroatoms. The van der Waals surface area contributed by atoms with Crippen LogP contribution in [0.15, 0.2) is 42.5 Å². The van der Waals surface area contributed by atoms with Gasteiger partial charge < -0.3 is 10.2 Å². The summed E-state index contributed by atoms with van der Waals surface area (Å²) in [5.41, 5.74) is 0.896. The van der Waals surface area contributed by atoms with Crippen molar-refractivity contribution in [2.75, 3.05) is 0 Å². The van der Waals surface area contributed by atoms with Crippen molar-refractivity contribution in [1.82, 2.24) is 14.6 Å². The summed E-state index contributed by atoms with van der Waals surface area (Å²) in [6.07, 6.45) is 0. The predicted octanol–water partition coefficient (Wildman–Crippen LogP) is 1.80. The molecule has 0 atom stereocenters.